The highest BCUT2D eigenvalue weighted by Crippen LogP contribution is 2.40. The molecule has 4 nitrogen and oxygen atoms in total. The van der Waals surface area contributed by atoms with E-state index < -0.39 is 0 Å². The van der Waals surface area contributed by atoms with E-state index in [9.17, 15) is 0 Å². The van der Waals surface area contributed by atoms with Crippen molar-refractivity contribution in [2.45, 2.75) is 44.7 Å². The van der Waals surface area contributed by atoms with Crippen molar-refractivity contribution in [2.75, 3.05) is 31.2 Å². The van der Waals surface area contributed by atoms with Gasteiger partial charge in [-0.25, -0.2) is 0 Å². The molecular formula is C23H28N2O2. The summed E-state index contributed by atoms with van der Waals surface area (Å²) in [5.74, 6) is 1.81. The molecule has 1 aliphatic carbocycles. The summed E-state index contributed by atoms with van der Waals surface area (Å²) in [7, 11) is 0. The third-order valence-corrected chi connectivity index (χ3v) is 6.15. The summed E-state index contributed by atoms with van der Waals surface area (Å²) in [6.45, 7) is 5.61. The maximum atomic E-state index is 5.91. The molecule has 142 valence electrons. The molecule has 2 aromatic carbocycles. The van der Waals surface area contributed by atoms with Gasteiger partial charge in [-0.2, -0.15) is 0 Å². The minimum Gasteiger partial charge on any atom is -0.486 e. The lowest BCUT2D eigenvalue weighted by Crippen LogP contribution is -2.46. The van der Waals surface area contributed by atoms with E-state index >= 15 is 0 Å². The molecule has 0 radical (unpaired) electrons. The highest BCUT2D eigenvalue weighted by molar-refractivity contribution is 5.65. The third kappa shape index (κ3) is 3.39. The van der Waals surface area contributed by atoms with Crippen LogP contribution in [0.25, 0.3) is 0 Å². The number of para-hydroxylation sites is 1. The standard InChI is InChI=1S/C23H28N2O2/c1-16-5-6-17-14-20(15-18(17)13-16)24-19-7-9-25(10-8-19)21-3-2-4-22-23(21)27-12-11-26-22/h2-6,13,19-20,24H,7-12,14-15H2,1H3. The first-order chi connectivity index (χ1) is 13.3. The van der Waals surface area contributed by atoms with Crippen LogP contribution in [0.4, 0.5) is 5.69 Å². The summed E-state index contributed by atoms with van der Waals surface area (Å²) >= 11 is 0. The zero-order valence-electron chi connectivity index (χ0n) is 16.0. The van der Waals surface area contributed by atoms with Crippen LogP contribution in [0.2, 0.25) is 0 Å². The van der Waals surface area contributed by atoms with Crippen LogP contribution in [0.15, 0.2) is 36.4 Å². The van der Waals surface area contributed by atoms with Crippen LogP contribution >= 0.6 is 0 Å². The average molecular weight is 364 g/mol. The molecule has 0 spiro atoms. The Balaban J connectivity index is 1.19. The summed E-state index contributed by atoms with van der Waals surface area (Å²) in [4.78, 5) is 2.46. The van der Waals surface area contributed by atoms with E-state index in [0.717, 1.165) is 24.6 Å². The summed E-state index contributed by atoms with van der Waals surface area (Å²) in [6, 6.07) is 14.4. The highest BCUT2D eigenvalue weighted by atomic mass is 16.6. The minimum absolute atomic E-state index is 0.597. The molecule has 0 aromatic heterocycles. The van der Waals surface area contributed by atoms with Crippen LogP contribution in [0.1, 0.15) is 29.5 Å². The van der Waals surface area contributed by atoms with Gasteiger partial charge >= 0.3 is 0 Å². The van der Waals surface area contributed by atoms with Crippen LogP contribution in [0.5, 0.6) is 11.5 Å². The fourth-order valence-electron chi connectivity index (χ4n) is 4.79. The molecule has 0 saturated carbocycles. The summed E-state index contributed by atoms with van der Waals surface area (Å²) in [5.41, 5.74) is 5.64. The Morgan fingerprint density at radius 3 is 2.63 bits per heavy atom. The molecule has 27 heavy (non-hydrogen) atoms. The van der Waals surface area contributed by atoms with Crippen molar-refractivity contribution in [3.63, 3.8) is 0 Å². The summed E-state index contributed by atoms with van der Waals surface area (Å²) < 4.78 is 11.6. The number of anilines is 1. The van der Waals surface area contributed by atoms with Gasteiger partial charge in [0.1, 0.15) is 13.2 Å². The lowest BCUT2D eigenvalue weighted by Gasteiger charge is -2.36. The van der Waals surface area contributed by atoms with E-state index in [4.69, 9.17) is 9.47 Å². The van der Waals surface area contributed by atoms with Gasteiger partial charge in [0.15, 0.2) is 11.5 Å². The largest absolute Gasteiger partial charge is 0.486 e. The quantitative estimate of drug-likeness (QED) is 0.904. The monoisotopic (exact) mass is 364 g/mol. The van der Waals surface area contributed by atoms with Crippen LogP contribution in [-0.4, -0.2) is 38.4 Å². The molecule has 1 fully saturated rings. The second-order valence-electron chi connectivity index (χ2n) is 8.11. The number of benzene rings is 2. The fourth-order valence-corrected chi connectivity index (χ4v) is 4.79. The zero-order valence-corrected chi connectivity index (χ0v) is 16.0. The number of ether oxygens (including phenoxy) is 2. The van der Waals surface area contributed by atoms with Gasteiger partial charge in [-0.1, -0.05) is 29.8 Å². The molecule has 0 bridgehead atoms. The van der Waals surface area contributed by atoms with Gasteiger partial charge in [-0.3, -0.25) is 0 Å². The number of nitrogens with one attached hydrogen (secondary N) is 1. The van der Waals surface area contributed by atoms with E-state index in [1.165, 1.54) is 48.1 Å². The number of aryl methyl sites for hydroxylation is 1. The lowest BCUT2D eigenvalue weighted by molar-refractivity contribution is 0.172. The number of fused-ring (bicyclic) bond motifs is 2. The normalized spacial score (nSPS) is 22.0. The van der Waals surface area contributed by atoms with Crippen LogP contribution in [-0.2, 0) is 12.8 Å². The second-order valence-corrected chi connectivity index (χ2v) is 8.11. The predicted molar refractivity (Wildman–Crippen MR) is 108 cm³/mol. The first kappa shape index (κ1) is 16.9. The van der Waals surface area contributed by atoms with Crippen molar-refractivity contribution in [1.29, 1.82) is 0 Å². The second kappa shape index (κ2) is 7.08. The van der Waals surface area contributed by atoms with Gasteiger partial charge in [0.25, 0.3) is 0 Å². The molecule has 4 heteroatoms. The first-order valence-electron chi connectivity index (χ1n) is 10.2. The lowest BCUT2D eigenvalue weighted by atomic mass is 10.0. The van der Waals surface area contributed by atoms with E-state index in [1.54, 1.807) is 0 Å². The Bertz CT molecular complexity index is 827. The van der Waals surface area contributed by atoms with E-state index in [2.05, 4.69) is 47.5 Å². The first-order valence-corrected chi connectivity index (χ1v) is 10.2. The van der Waals surface area contributed by atoms with Crippen molar-refractivity contribution in [2.24, 2.45) is 0 Å². The van der Waals surface area contributed by atoms with Gasteiger partial charge < -0.3 is 19.7 Å². The number of piperidine rings is 1. The van der Waals surface area contributed by atoms with Crippen molar-refractivity contribution in [3.05, 3.63) is 53.1 Å². The molecule has 0 amide bonds. The molecular weight excluding hydrogens is 336 g/mol. The third-order valence-electron chi connectivity index (χ3n) is 6.15. The van der Waals surface area contributed by atoms with Crippen LogP contribution in [0, 0.1) is 6.92 Å². The van der Waals surface area contributed by atoms with Gasteiger partial charge in [0, 0.05) is 25.2 Å². The molecule has 1 atom stereocenters. The minimum atomic E-state index is 0.597. The van der Waals surface area contributed by atoms with Crippen LogP contribution in [0.3, 0.4) is 0 Å². The molecule has 2 heterocycles. The van der Waals surface area contributed by atoms with Crippen LogP contribution < -0.4 is 19.7 Å². The molecule has 1 saturated heterocycles. The topological polar surface area (TPSA) is 33.7 Å². The number of nitrogens with zero attached hydrogens (tertiary/aromatic N) is 1. The predicted octanol–water partition coefficient (Wildman–Crippen LogP) is 3.49. The Morgan fingerprint density at radius 1 is 0.926 bits per heavy atom. The SMILES string of the molecule is Cc1ccc2c(c1)CC(NC1CCN(c3cccc4c3OCCO4)CC1)C2. The summed E-state index contributed by atoms with van der Waals surface area (Å²) in [6.07, 6.45) is 4.70. The molecule has 1 unspecified atom stereocenters. The fraction of sp³-hybridized carbons (Fsp3) is 0.478. The Hall–Kier alpha value is -2.20. The van der Waals surface area contributed by atoms with Gasteiger partial charge in [-0.05, 0) is 55.9 Å². The number of hydrogen-bond donors (Lipinski definition) is 1. The van der Waals surface area contributed by atoms with Crippen molar-refractivity contribution in [1.82, 2.24) is 5.32 Å². The summed E-state index contributed by atoms with van der Waals surface area (Å²) in [5, 5.41) is 3.94. The van der Waals surface area contributed by atoms with E-state index in [1.807, 2.05) is 6.07 Å². The Morgan fingerprint density at radius 2 is 1.74 bits per heavy atom. The van der Waals surface area contributed by atoms with Crippen molar-refractivity contribution < 1.29 is 9.47 Å². The Kier molecular flexibility index (Phi) is 4.44. The van der Waals surface area contributed by atoms with E-state index in [-0.39, 0.29) is 0 Å². The van der Waals surface area contributed by atoms with Crippen molar-refractivity contribution in [3.8, 4) is 11.5 Å². The maximum absolute atomic E-state index is 5.91. The number of rotatable bonds is 3. The Labute approximate surface area is 161 Å². The molecule has 2 aliphatic heterocycles. The van der Waals surface area contributed by atoms with Crippen molar-refractivity contribution >= 4 is 5.69 Å². The van der Waals surface area contributed by atoms with Gasteiger partial charge in [0.2, 0.25) is 0 Å². The smallest absolute Gasteiger partial charge is 0.184 e. The molecule has 2 aromatic rings. The highest BCUT2D eigenvalue weighted by Gasteiger charge is 2.28. The number of hydrogen-bond acceptors (Lipinski definition) is 4. The average Bonchev–Trinajstić information content (AvgIpc) is 3.09. The van der Waals surface area contributed by atoms with E-state index in [0.29, 0.717) is 25.3 Å². The zero-order chi connectivity index (χ0) is 18.2. The maximum Gasteiger partial charge on any atom is 0.184 e. The van der Waals surface area contributed by atoms with Gasteiger partial charge in [-0.15, -0.1) is 0 Å². The molecule has 1 N–H and O–H groups in total. The molecule has 3 aliphatic rings. The van der Waals surface area contributed by atoms with Gasteiger partial charge in [0.05, 0.1) is 5.69 Å². The molecule has 5 rings (SSSR count).